The summed E-state index contributed by atoms with van der Waals surface area (Å²) in [6.07, 6.45) is 1.03. The average molecular weight is 124 g/mol. The van der Waals surface area contributed by atoms with E-state index in [0.717, 1.165) is 0 Å². The minimum absolute atomic E-state index is 0.0789. The third-order valence-electron chi connectivity index (χ3n) is 1.44. The second-order valence-corrected chi connectivity index (χ2v) is 2.24. The summed E-state index contributed by atoms with van der Waals surface area (Å²) in [5.41, 5.74) is 0. The van der Waals surface area contributed by atoms with Crippen molar-refractivity contribution in [3.8, 4) is 6.07 Å². The minimum atomic E-state index is 0.0789. The first-order valence-electron chi connectivity index (χ1n) is 2.96. The van der Waals surface area contributed by atoms with Crippen molar-refractivity contribution >= 4 is 5.91 Å². The van der Waals surface area contributed by atoms with Gasteiger partial charge in [0.2, 0.25) is 5.91 Å². The minimum Gasteiger partial charge on any atom is -0.356 e. The highest BCUT2D eigenvalue weighted by Crippen LogP contribution is 2.11. The fourth-order valence-corrected chi connectivity index (χ4v) is 0.938. The van der Waals surface area contributed by atoms with Crippen molar-refractivity contribution < 1.29 is 4.79 Å². The van der Waals surface area contributed by atoms with Gasteiger partial charge >= 0.3 is 0 Å². The number of hydrogen-bond acceptors (Lipinski definition) is 2. The third-order valence-corrected chi connectivity index (χ3v) is 1.44. The lowest BCUT2D eigenvalue weighted by atomic mass is 10.1. The standard InChI is InChI=1S/C6H8N2O/c7-2-1-5-3-6(9)8-4-5/h5H,1,3-4H2,(H,8,9). The van der Waals surface area contributed by atoms with Gasteiger partial charge in [-0.2, -0.15) is 5.26 Å². The quantitative estimate of drug-likeness (QED) is 0.536. The van der Waals surface area contributed by atoms with Crippen LogP contribution in [0.25, 0.3) is 0 Å². The number of rotatable bonds is 1. The van der Waals surface area contributed by atoms with Gasteiger partial charge in [-0.15, -0.1) is 0 Å². The molecule has 0 saturated carbocycles. The molecule has 3 nitrogen and oxygen atoms in total. The zero-order chi connectivity index (χ0) is 6.69. The summed E-state index contributed by atoms with van der Waals surface area (Å²) < 4.78 is 0. The topological polar surface area (TPSA) is 52.9 Å². The van der Waals surface area contributed by atoms with E-state index in [-0.39, 0.29) is 11.8 Å². The third kappa shape index (κ3) is 1.43. The fraction of sp³-hybridized carbons (Fsp3) is 0.667. The van der Waals surface area contributed by atoms with Crippen molar-refractivity contribution in [3.63, 3.8) is 0 Å². The Kier molecular flexibility index (Phi) is 1.69. The van der Waals surface area contributed by atoms with E-state index < -0.39 is 0 Å². The van der Waals surface area contributed by atoms with E-state index in [2.05, 4.69) is 5.32 Å². The molecule has 1 heterocycles. The van der Waals surface area contributed by atoms with Crippen LogP contribution in [0.1, 0.15) is 12.8 Å². The van der Waals surface area contributed by atoms with Crippen LogP contribution in [0.5, 0.6) is 0 Å². The van der Waals surface area contributed by atoms with Crippen molar-refractivity contribution in [2.45, 2.75) is 12.8 Å². The highest BCUT2D eigenvalue weighted by molar-refractivity contribution is 5.78. The summed E-state index contributed by atoms with van der Waals surface area (Å²) in [4.78, 5) is 10.5. The number of amides is 1. The van der Waals surface area contributed by atoms with Crippen LogP contribution in [-0.4, -0.2) is 12.5 Å². The number of nitrogens with one attached hydrogen (secondary N) is 1. The lowest BCUT2D eigenvalue weighted by molar-refractivity contribution is -0.119. The molecule has 48 valence electrons. The zero-order valence-electron chi connectivity index (χ0n) is 5.05. The maximum atomic E-state index is 10.5. The molecule has 1 saturated heterocycles. The van der Waals surface area contributed by atoms with Gasteiger partial charge in [-0.05, 0) is 5.92 Å². The highest BCUT2D eigenvalue weighted by atomic mass is 16.1. The van der Waals surface area contributed by atoms with Crippen molar-refractivity contribution in [2.24, 2.45) is 5.92 Å². The first kappa shape index (κ1) is 6.09. The zero-order valence-corrected chi connectivity index (χ0v) is 5.05. The Hall–Kier alpha value is -1.04. The number of hydrogen-bond donors (Lipinski definition) is 1. The normalized spacial score (nSPS) is 25.2. The summed E-state index contributed by atoms with van der Waals surface area (Å²) in [6, 6.07) is 2.04. The molecule has 1 aliphatic heterocycles. The molecule has 1 fully saturated rings. The molecule has 1 aliphatic rings. The van der Waals surface area contributed by atoms with E-state index in [4.69, 9.17) is 5.26 Å². The van der Waals surface area contributed by atoms with E-state index >= 15 is 0 Å². The molecule has 3 heteroatoms. The van der Waals surface area contributed by atoms with Gasteiger partial charge in [0.05, 0.1) is 6.07 Å². The number of carbonyl (C=O) groups excluding carboxylic acids is 1. The predicted octanol–water partition coefficient (Wildman–Crippen LogP) is 0.0362. The summed E-state index contributed by atoms with van der Waals surface area (Å²) in [5, 5.41) is 10.9. The molecule has 0 aromatic carbocycles. The summed E-state index contributed by atoms with van der Waals surface area (Å²) in [6.45, 7) is 0.687. The molecule has 1 amide bonds. The van der Waals surface area contributed by atoms with Crippen LogP contribution in [0.4, 0.5) is 0 Å². The molecule has 0 aliphatic carbocycles. The molecule has 1 atom stereocenters. The Balaban J connectivity index is 2.32. The average Bonchev–Trinajstić information content (AvgIpc) is 2.17. The maximum absolute atomic E-state index is 10.5. The van der Waals surface area contributed by atoms with Gasteiger partial charge in [0.1, 0.15) is 0 Å². The van der Waals surface area contributed by atoms with E-state index in [0.29, 0.717) is 19.4 Å². The Morgan fingerprint density at radius 3 is 3.11 bits per heavy atom. The van der Waals surface area contributed by atoms with Crippen LogP contribution < -0.4 is 5.32 Å². The van der Waals surface area contributed by atoms with Gasteiger partial charge in [-0.3, -0.25) is 4.79 Å². The molecule has 1 unspecified atom stereocenters. The molecule has 0 spiro atoms. The van der Waals surface area contributed by atoms with Crippen LogP contribution in [0.2, 0.25) is 0 Å². The van der Waals surface area contributed by atoms with Crippen molar-refractivity contribution in [1.82, 2.24) is 5.32 Å². The van der Waals surface area contributed by atoms with Crippen LogP contribution in [0.3, 0.4) is 0 Å². The monoisotopic (exact) mass is 124 g/mol. The number of carbonyl (C=O) groups is 1. The van der Waals surface area contributed by atoms with E-state index in [1.165, 1.54) is 0 Å². The van der Waals surface area contributed by atoms with Gasteiger partial charge in [-0.25, -0.2) is 0 Å². The van der Waals surface area contributed by atoms with Gasteiger partial charge in [0, 0.05) is 19.4 Å². The number of nitrogens with zero attached hydrogens (tertiary/aromatic N) is 1. The summed E-state index contributed by atoms with van der Waals surface area (Å²) in [7, 11) is 0. The van der Waals surface area contributed by atoms with E-state index in [9.17, 15) is 4.79 Å². The van der Waals surface area contributed by atoms with Gasteiger partial charge < -0.3 is 5.32 Å². The Labute approximate surface area is 53.7 Å². The lowest BCUT2D eigenvalue weighted by Gasteiger charge is -1.95. The van der Waals surface area contributed by atoms with Crippen molar-refractivity contribution in [3.05, 3.63) is 0 Å². The Morgan fingerprint density at radius 1 is 1.89 bits per heavy atom. The van der Waals surface area contributed by atoms with Crippen molar-refractivity contribution in [1.29, 1.82) is 5.26 Å². The molecular weight excluding hydrogens is 116 g/mol. The molecular formula is C6H8N2O. The van der Waals surface area contributed by atoms with Gasteiger partial charge in [-0.1, -0.05) is 0 Å². The maximum Gasteiger partial charge on any atom is 0.220 e. The molecule has 1 N–H and O–H groups in total. The van der Waals surface area contributed by atoms with Crippen LogP contribution >= 0.6 is 0 Å². The molecule has 0 aromatic heterocycles. The van der Waals surface area contributed by atoms with E-state index in [1.807, 2.05) is 6.07 Å². The van der Waals surface area contributed by atoms with Gasteiger partial charge in [0.25, 0.3) is 0 Å². The predicted molar refractivity (Wildman–Crippen MR) is 31.3 cm³/mol. The smallest absolute Gasteiger partial charge is 0.220 e. The summed E-state index contributed by atoms with van der Waals surface area (Å²) in [5.74, 6) is 0.345. The van der Waals surface area contributed by atoms with Crippen molar-refractivity contribution in [2.75, 3.05) is 6.54 Å². The van der Waals surface area contributed by atoms with Gasteiger partial charge in [0.15, 0.2) is 0 Å². The Morgan fingerprint density at radius 2 is 2.67 bits per heavy atom. The fourth-order valence-electron chi connectivity index (χ4n) is 0.938. The van der Waals surface area contributed by atoms with E-state index in [1.54, 1.807) is 0 Å². The molecule has 9 heavy (non-hydrogen) atoms. The van der Waals surface area contributed by atoms with Crippen LogP contribution in [0.15, 0.2) is 0 Å². The van der Waals surface area contributed by atoms with Crippen LogP contribution in [-0.2, 0) is 4.79 Å². The molecule has 0 aromatic rings. The molecule has 0 radical (unpaired) electrons. The first-order chi connectivity index (χ1) is 4.33. The molecule has 0 bridgehead atoms. The summed E-state index contributed by atoms with van der Waals surface area (Å²) >= 11 is 0. The second-order valence-electron chi connectivity index (χ2n) is 2.24. The number of nitriles is 1. The highest BCUT2D eigenvalue weighted by Gasteiger charge is 2.20. The van der Waals surface area contributed by atoms with Crippen LogP contribution in [0, 0.1) is 17.2 Å². The lowest BCUT2D eigenvalue weighted by Crippen LogP contribution is -2.13. The second kappa shape index (κ2) is 2.49. The first-order valence-corrected chi connectivity index (χ1v) is 2.96. The molecule has 1 rings (SSSR count). The largest absolute Gasteiger partial charge is 0.356 e. The Bertz CT molecular complexity index is 159. The SMILES string of the molecule is N#CCC1CNC(=O)C1.